The van der Waals surface area contributed by atoms with Crippen LogP contribution in [0.3, 0.4) is 0 Å². The first-order valence-corrected chi connectivity index (χ1v) is 8.27. The van der Waals surface area contributed by atoms with Gasteiger partial charge in [-0.05, 0) is 45.5 Å². The minimum absolute atomic E-state index is 0.0527. The van der Waals surface area contributed by atoms with Crippen LogP contribution >= 0.6 is 0 Å². The summed E-state index contributed by atoms with van der Waals surface area (Å²) in [6.07, 6.45) is 0. The standard InChI is InChI=1S/C14H23FN2O3S/c1-10(2)17(4)6-5-16-21(19,20)14-8-12(9-18)7-13(15)11(14)3/h7-8,10,16,18H,5-6,9H2,1-4H3. The summed E-state index contributed by atoms with van der Waals surface area (Å²) in [5, 5.41) is 9.06. The number of halogens is 1. The summed E-state index contributed by atoms with van der Waals surface area (Å²) in [6.45, 7) is 5.82. The van der Waals surface area contributed by atoms with Crippen LogP contribution in [0, 0.1) is 12.7 Å². The molecule has 0 aliphatic heterocycles. The number of likely N-dealkylation sites (N-methyl/N-ethyl adjacent to an activating group) is 1. The highest BCUT2D eigenvalue weighted by atomic mass is 32.2. The van der Waals surface area contributed by atoms with Crippen molar-refractivity contribution in [3.63, 3.8) is 0 Å². The van der Waals surface area contributed by atoms with E-state index in [4.69, 9.17) is 5.11 Å². The summed E-state index contributed by atoms with van der Waals surface area (Å²) >= 11 is 0. The third kappa shape index (κ3) is 4.74. The fraction of sp³-hybridized carbons (Fsp3) is 0.571. The number of rotatable bonds is 7. The molecule has 120 valence electrons. The molecule has 21 heavy (non-hydrogen) atoms. The Morgan fingerprint density at radius 2 is 2.00 bits per heavy atom. The summed E-state index contributed by atoms with van der Waals surface area (Å²) in [7, 11) is -1.90. The normalized spacial score (nSPS) is 12.4. The van der Waals surface area contributed by atoms with Crippen molar-refractivity contribution in [3.05, 3.63) is 29.1 Å². The lowest BCUT2D eigenvalue weighted by Crippen LogP contribution is -2.36. The summed E-state index contributed by atoms with van der Waals surface area (Å²) in [5.41, 5.74) is 0.287. The molecule has 0 aliphatic rings. The van der Waals surface area contributed by atoms with E-state index in [0.29, 0.717) is 12.6 Å². The molecule has 5 nitrogen and oxygen atoms in total. The Labute approximate surface area is 125 Å². The van der Waals surface area contributed by atoms with E-state index in [1.165, 1.54) is 13.0 Å². The maximum absolute atomic E-state index is 13.7. The first-order valence-electron chi connectivity index (χ1n) is 6.78. The Balaban J connectivity index is 2.91. The average Bonchev–Trinajstić information content (AvgIpc) is 2.40. The Hall–Kier alpha value is -1.02. The summed E-state index contributed by atoms with van der Waals surface area (Å²) in [4.78, 5) is 1.87. The molecule has 0 fully saturated rings. The molecule has 0 aliphatic carbocycles. The van der Waals surface area contributed by atoms with Crippen molar-refractivity contribution >= 4 is 10.0 Å². The molecule has 0 unspecified atom stereocenters. The third-order valence-electron chi connectivity index (χ3n) is 3.47. The summed E-state index contributed by atoms with van der Waals surface area (Å²) in [6, 6.07) is 2.75. The first-order chi connectivity index (χ1) is 9.69. The number of aliphatic hydroxyl groups is 1. The van der Waals surface area contributed by atoms with Gasteiger partial charge in [0.2, 0.25) is 10.0 Å². The summed E-state index contributed by atoms with van der Waals surface area (Å²) in [5.74, 6) is -0.638. The molecule has 0 spiro atoms. The van der Waals surface area contributed by atoms with Gasteiger partial charge in [-0.25, -0.2) is 17.5 Å². The van der Waals surface area contributed by atoms with Crippen LogP contribution < -0.4 is 4.72 Å². The second kappa shape index (κ2) is 7.31. The molecule has 0 saturated heterocycles. The number of nitrogens with zero attached hydrogens (tertiary/aromatic N) is 1. The number of nitrogens with one attached hydrogen (secondary N) is 1. The van der Waals surface area contributed by atoms with E-state index in [-0.39, 0.29) is 22.6 Å². The molecule has 1 aromatic carbocycles. The Morgan fingerprint density at radius 1 is 1.38 bits per heavy atom. The fourth-order valence-electron chi connectivity index (χ4n) is 1.77. The van der Waals surface area contributed by atoms with Crippen LogP contribution in [0.15, 0.2) is 17.0 Å². The predicted octanol–water partition coefficient (Wildman–Crippen LogP) is 1.24. The van der Waals surface area contributed by atoms with Gasteiger partial charge in [-0.15, -0.1) is 0 Å². The van der Waals surface area contributed by atoms with E-state index in [2.05, 4.69) is 4.72 Å². The Kier molecular flexibility index (Phi) is 6.27. The highest BCUT2D eigenvalue weighted by Gasteiger charge is 2.20. The van der Waals surface area contributed by atoms with Crippen molar-refractivity contribution in [1.29, 1.82) is 0 Å². The van der Waals surface area contributed by atoms with E-state index >= 15 is 0 Å². The molecule has 0 amide bonds. The monoisotopic (exact) mass is 318 g/mol. The molecule has 2 N–H and O–H groups in total. The highest BCUT2D eigenvalue weighted by molar-refractivity contribution is 7.89. The Bertz CT molecular complexity index is 588. The van der Waals surface area contributed by atoms with E-state index in [1.807, 2.05) is 25.8 Å². The topological polar surface area (TPSA) is 69.6 Å². The lowest BCUT2D eigenvalue weighted by Gasteiger charge is -2.21. The Morgan fingerprint density at radius 3 is 2.52 bits per heavy atom. The number of hydrogen-bond acceptors (Lipinski definition) is 4. The second-order valence-corrected chi connectivity index (χ2v) is 7.07. The quantitative estimate of drug-likeness (QED) is 0.794. The SMILES string of the molecule is Cc1c(F)cc(CO)cc1S(=O)(=O)NCCN(C)C(C)C. The zero-order valence-electron chi connectivity index (χ0n) is 12.9. The minimum atomic E-state index is -3.80. The molecule has 0 radical (unpaired) electrons. The summed E-state index contributed by atoms with van der Waals surface area (Å²) < 4.78 is 40.7. The van der Waals surface area contributed by atoms with Crippen LogP contribution in [0.25, 0.3) is 0 Å². The smallest absolute Gasteiger partial charge is 0.240 e. The molecule has 0 bridgehead atoms. The molecule has 1 aromatic rings. The van der Waals surface area contributed by atoms with E-state index in [1.54, 1.807) is 0 Å². The van der Waals surface area contributed by atoms with Crippen molar-refractivity contribution in [1.82, 2.24) is 9.62 Å². The molecule has 1 rings (SSSR count). The van der Waals surface area contributed by atoms with Crippen LogP contribution in [0.5, 0.6) is 0 Å². The predicted molar refractivity (Wildman–Crippen MR) is 80.0 cm³/mol. The second-order valence-electron chi connectivity index (χ2n) is 5.33. The maximum Gasteiger partial charge on any atom is 0.240 e. The molecule has 0 heterocycles. The lowest BCUT2D eigenvalue weighted by atomic mass is 10.1. The van der Waals surface area contributed by atoms with Gasteiger partial charge in [0.25, 0.3) is 0 Å². The number of sulfonamides is 1. The number of aliphatic hydroxyl groups excluding tert-OH is 1. The van der Waals surface area contributed by atoms with Crippen molar-refractivity contribution < 1.29 is 17.9 Å². The van der Waals surface area contributed by atoms with Crippen LogP contribution in [0.2, 0.25) is 0 Å². The fourth-order valence-corrected chi connectivity index (χ4v) is 3.09. The lowest BCUT2D eigenvalue weighted by molar-refractivity contribution is 0.278. The van der Waals surface area contributed by atoms with Gasteiger partial charge in [-0.2, -0.15) is 0 Å². The van der Waals surface area contributed by atoms with Gasteiger partial charge in [-0.3, -0.25) is 0 Å². The van der Waals surface area contributed by atoms with Crippen molar-refractivity contribution in [2.24, 2.45) is 0 Å². The van der Waals surface area contributed by atoms with Crippen LogP contribution in [-0.2, 0) is 16.6 Å². The van der Waals surface area contributed by atoms with E-state index in [0.717, 1.165) is 6.07 Å². The molecule has 0 atom stereocenters. The van der Waals surface area contributed by atoms with Gasteiger partial charge < -0.3 is 10.0 Å². The van der Waals surface area contributed by atoms with Crippen LogP contribution in [0.1, 0.15) is 25.0 Å². The molecular weight excluding hydrogens is 295 g/mol. The molecular formula is C14H23FN2O3S. The van der Waals surface area contributed by atoms with Crippen LogP contribution in [-0.4, -0.2) is 44.6 Å². The minimum Gasteiger partial charge on any atom is -0.392 e. The van der Waals surface area contributed by atoms with Gasteiger partial charge in [-0.1, -0.05) is 0 Å². The third-order valence-corrected chi connectivity index (χ3v) is 5.05. The van der Waals surface area contributed by atoms with Gasteiger partial charge in [0.1, 0.15) is 5.82 Å². The van der Waals surface area contributed by atoms with Gasteiger partial charge in [0, 0.05) is 24.7 Å². The van der Waals surface area contributed by atoms with Crippen molar-refractivity contribution in [2.45, 2.75) is 38.3 Å². The van der Waals surface area contributed by atoms with Gasteiger partial charge in [0.05, 0.1) is 11.5 Å². The molecule has 0 saturated carbocycles. The van der Waals surface area contributed by atoms with Crippen molar-refractivity contribution in [3.8, 4) is 0 Å². The number of benzene rings is 1. The molecule has 0 aromatic heterocycles. The number of hydrogen-bond donors (Lipinski definition) is 2. The zero-order valence-corrected chi connectivity index (χ0v) is 13.7. The largest absolute Gasteiger partial charge is 0.392 e. The van der Waals surface area contributed by atoms with E-state index < -0.39 is 22.4 Å². The highest BCUT2D eigenvalue weighted by Crippen LogP contribution is 2.20. The van der Waals surface area contributed by atoms with Gasteiger partial charge >= 0.3 is 0 Å². The maximum atomic E-state index is 13.7. The first kappa shape index (κ1) is 18.0. The van der Waals surface area contributed by atoms with Crippen molar-refractivity contribution in [2.75, 3.05) is 20.1 Å². The average molecular weight is 318 g/mol. The van der Waals surface area contributed by atoms with Crippen LogP contribution in [0.4, 0.5) is 4.39 Å². The van der Waals surface area contributed by atoms with E-state index in [9.17, 15) is 12.8 Å². The zero-order chi connectivity index (χ0) is 16.2. The van der Waals surface area contributed by atoms with Gasteiger partial charge in [0.15, 0.2) is 0 Å². The molecule has 7 heteroatoms.